The molecule has 204 valence electrons. The van der Waals surface area contributed by atoms with Gasteiger partial charge in [0.1, 0.15) is 0 Å². The fourth-order valence-corrected chi connectivity index (χ4v) is 8.17. The second kappa shape index (κ2) is 10.4. The molecule has 1 aromatic heterocycles. The third-order valence-corrected chi connectivity index (χ3v) is 10.4. The number of fused-ring (bicyclic) bond motifs is 2. The number of benzene rings is 1. The number of nitrogens with zero attached hydrogens (tertiary/aromatic N) is 2. The molecule has 38 heavy (non-hydrogen) atoms. The lowest BCUT2D eigenvalue weighted by Crippen LogP contribution is -2.44. The van der Waals surface area contributed by atoms with E-state index in [1.807, 2.05) is 39.8 Å². The van der Waals surface area contributed by atoms with Crippen LogP contribution in [0.25, 0.3) is 11.0 Å². The first-order valence-electron chi connectivity index (χ1n) is 13.8. The van der Waals surface area contributed by atoms with Gasteiger partial charge in [-0.05, 0) is 49.7 Å². The van der Waals surface area contributed by atoms with Crippen LogP contribution in [0, 0.1) is 5.41 Å². The van der Waals surface area contributed by atoms with Crippen molar-refractivity contribution in [1.82, 2.24) is 20.4 Å². The predicted octanol–water partition coefficient (Wildman–Crippen LogP) is 3.62. The second-order valence-electron chi connectivity index (χ2n) is 11.2. The summed E-state index contributed by atoms with van der Waals surface area (Å²) in [4.78, 5) is 41.6. The number of hydrogen-bond donors (Lipinski definition) is 2. The number of urea groups is 1. The number of methoxy groups -OCH3 is 1. The van der Waals surface area contributed by atoms with Crippen LogP contribution < -0.4 is 15.4 Å². The zero-order chi connectivity index (χ0) is 26.3. The van der Waals surface area contributed by atoms with E-state index in [-0.39, 0.29) is 35.3 Å². The number of furan rings is 1. The van der Waals surface area contributed by atoms with Crippen molar-refractivity contribution in [3.8, 4) is 5.75 Å². The minimum Gasteiger partial charge on any atom is -0.493 e. The number of ether oxygens (including phenoxy) is 1. The molecule has 0 saturated carbocycles. The molecule has 1 spiro atoms. The minimum atomic E-state index is -0.0799. The number of para-hydroxylation sites is 1. The molecule has 6 rings (SSSR count). The molecule has 0 radical (unpaired) electrons. The Hall–Kier alpha value is -2.88. The average molecular weight is 541 g/mol. The maximum Gasteiger partial charge on any atom is 0.315 e. The number of piperidine rings is 1. The highest BCUT2D eigenvalue weighted by Gasteiger charge is 2.44. The Morgan fingerprint density at radius 2 is 1.92 bits per heavy atom. The highest BCUT2D eigenvalue weighted by atomic mass is 32.2. The molecular formula is C28H36N4O5S. The quantitative estimate of drug-likeness (QED) is 0.411. The number of carbonyl (C=O) groups is 3. The van der Waals surface area contributed by atoms with Crippen LogP contribution in [0.15, 0.2) is 28.7 Å². The van der Waals surface area contributed by atoms with E-state index in [9.17, 15) is 14.4 Å². The van der Waals surface area contributed by atoms with Gasteiger partial charge in [0, 0.05) is 49.0 Å². The van der Waals surface area contributed by atoms with E-state index in [0.29, 0.717) is 41.9 Å². The first-order chi connectivity index (χ1) is 18.4. The van der Waals surface area contributed by atoms with Gasteiger partial charge in [-0.25, -0.2) is 4.79 Å². The van der Waals surface area contributed by atoms with Crippen molar-refractivity contribution in [2.45, 2.75) is 62.3 Å². The molecule has 4 fully saturated rings. The van der Waals surface area contributed by atoms with E-state index in [0.717, 1.165) is 62.8 Å². The Labute approximate surface area is 227 Å². The Morgan fingerprint density at radius 3 is 2.71 bits per heavy atom. The summed E-state index contributed by atoms with van der Waals surface area (Å²) in [5.41, 5.74) is 0.720. The van der Waals surface area contributed by atoms with Crippen LogP contribution in [0.4, 0.5) is 4.79 Å². The molecule has 10 heteroatoms. The van der Waals surface area contributed by atoms with Crippen molar-refractivity contribution in [3.05, 3.63) is 30.0 Å². The summed E-state index contributed by atoms with van der Waals surface area (Å²) in [7, 11) is 1.60. The number of rotatable bonds is 7. The maximum atomic E-state index is 13.2. The van der Waals surface area contributed by atoms with Gasteiger partial charge < -0.3 is 29.6 Å². The minimum absolute atomic E-state index is 0.0474. The van der Waals surface area contributed by atoms with Gasteiger partial charge in [-0.15, -0.1) is 0 Å². The number of likely N-dealkylation sites (tertiary alicyclic amines) is 2. The molecule has 2 N–H and O–H groups in total. The summed E-state index contributed by atoms with van der Waals surface area (Å²) in [5.74, 6) is 2.12. The number of unbranched alkanes of at least 4 members (excludes halogenated alkanes) is 1. The molecule has 3 atom stereocenters. The van der Waals surface area contributed by atoms with Gasteiger partial charge in [0.25, 0.3) is 5.91 Å². The van der Waals surface area contributed by atoms with Crippen LogP contribution in [-0.4, -0.2) is 84.0 Å². The van der Waals surface area contributed by atoms with Crippen LogP contribution in [0.1, 0.15) is 55.5 Å². The molecule has 4 saturated heterocycles. The highest BCUT2D eigenvalue weighted by molar-refractivity contribution is 8.00. The fraction of sp³-hybridized carbons (Fsp3) is 0.607. The number of amides is 4. The fourth-order valence-electron chi connectivity index (χ4n) is 6.62. The maximum absolute atomic E-state index is 13.2. The first-order valence-corrected chi connectivity index (χ1v) is 14.8. The monoisotopic (exact) mass is 540 g/mol. The Balaban J connectivity index is 0.953. The van der Waals surface area contributed by atoms with E-state index >= 15 is 0 Å². The smallest absolute Gasteiger partial charge is 0.315 e. The molecule has 0 bridgehead atoms. The van der Waals surface area contributed by atoms with Crippen molar-refractivity contribution >= 4 is 40.6 Å². The average Bonchev–Trinajstić information content (AvgIpc) is 3.70. The standard InChI is InChI=1S/C28H36N4O5S/c1-36-20-6-4-5-18-15-21(37-25(18)20)26(34)31-12-9-28(10-13-31)11-14-32(17-28)23(33)8-3-2-7-22-24-19(16-38-22)29-27(35)30-24/h4-6,15,19,22,24H,2-3,7-14,16-17H2,1H3,(H2,29,30,35)/t19-,22-,24-/m0/s1. The van der Waals surface area contributed by atoms with E-state index in [2.05, 4.69) is 10.6 Å². The molecule has 5 heterocycles. The summed E-state index contributed by atoms with van der Waals surface area (Å²) in [6, 6.07) is 7.87. The number of nitrogens with one attached hydrogen (secondary N) is 2. The van der Waals surface area contributed by atoms with E-state index in [1.165, 1.54) is 0 Å². The zero-order valence-corrected chi connectivity index (χ0v) is 22.7. The van der Waals surface area contributed by atoms with Crippen LogP contribution in [0.3, 0.4) is 0 Å². The Kier molecular flexibility index (Phi) is 6.92. The van der Waals surface area contributed by atoms with Gasteiger partial charge >= 0.3 is 6.03 Å². The third-order valence-electron chi connectivity index (χ3n) is 8.91. The lowest BCUT2D eigenvalue weighted by Gasteiger charge is -2.39. The third kappa shape index (κ3) is 4.83. The van der Waals surface area contributed by atoms with Gasteiger partial charge in [0.15, 0.2) is 17.1 Å². The normalized spacial score (nSPS) is 26.0. The van der Waals surface area contributed by atoms with Crippen molar-refractivity contribution in [1.29, 1.82) is 0 Å². The van der Waals surface area contributed by atoms with Crippen LogP contribution >= 0.6 is 11.8 Å². The second-order valence-corrected chi connectivity index (χ2v) is 12.5. The van der Waals surface area contributed by atoms with E-state index in [1.54, 1.807) is 13.2 Å². The zero-order valence-electron chi connectivity index (χ0n) is 21.9. The van der Waals surface area contributed by atoms with Crippen molar-refractivity contribution in [2.24, 2.45) is 5.41 Å². The van der Waals surface area contributed by atoms with Gasteiger partial charge in [-0.1, -0.05) is 18.6 Å². The van der Waals surface area contributed by atoms with E-state index < -0.39 is 0 Å². The summed E-state index contributed by atoms with van der Waals surface area (Å²) < 4.78 is 11.2. The highest BCUT2D eigenvalue weighted by Crippen LogP contribution is 2.41. The molecule has 9 nitrogen and oxygen atoms in total. The van der Waals surface area contributed by atoms with Crippen molar-refractivity contribution in [2.75, 3.05) is 39.0 Å². The largest absolute Gasteiger partial charge is 0.493 e. The van der Waals surface area contributed by atoms with Crippen molar-refractivity contribution in [3.63, 3.8) is 0 Å². The number of carbonyl (C=O) groups excluding carboxylic acids is 3. The summed E-state index contributed by atoms with van der Waals surface area (Å²) in [6.45, 7) is 2.98. The van der Waals surface area contributed by atoms with Crippen molar-refractivity contribution < 1.29 is 23.5 Å². The van der Waals surface area contributed by atoms with Gasteiger partial charge in [-0.2, -0.15) is 11.8 Å². The number of hydrogen-bond acceptors (Lipinski definition) is 6. The first kappa shape index (κ1) is 25.4. The molecule has 4 aliphatic heterocycles. The van der Waals surface area contributed by atoms with Gasteiger partial charge in [-0.3, -0.25) is 9.59 Å². The molecule has 4 amide bonds. The molecule has 1 aromatic carbocycles. The SMILES string of the molecule is COc1cccc2cc(C(=O)N3CCC4(CCN(C(=O)CCCC[C@@H]5SC[C@@H]6NC(=O)N[C@@H]65)C4)CC3)oc12. The molecule has 2 aromatic rings. The molecule has 0 aliphatic carbocycles. The number of thioether (sulfide) groups is 1. The van der Waals surface area contributed by atoms with Gasteiger partial charge in [0.2, 0.25) is 5.91 Å². The molecule has 0 unspecified atom stereocenters. The predicted molar refractivity (Wildman–Crippen MR) is 145 cm³/mol. The Bertz CT molecular complexity index is 1220. The van der Waals surface area contributed by atoms with Crippen LogP contribution in [0.5, 0.6) is 5.75 Å². The summed E-state index contributed by atoms with van der Waals surface area (Å²) in [6.07, 6.45) is 6.35. The Morgan fingerprint density at radius 1 is 1.13 bits per heavy atom. The molecular weight excluding hydrogens is 504 g/mol. The topological polar surface area (TPSA) is 104 Å². The van der Waals surface area contributed by atoms with Gasteiger partial charge in [0.05, 0.1) is 19.2 Å². The molecule has 4 aliphatic rings. The summed E-state index contributed by atoms with van der Waals surface area (Å²) in [5, 5.41) is 7.33. The lowest BCUT2D eigenvalue weighted by atomic mass is 9.77. The van der Waals surface area contributed by atoms with E-state index in [4.69, 9.17) is 9.15 Å². The van der Waals surface area contributed by atoms with Crippen LogP contribution in [0.2, 0.25) is 0 Å². The summed E-state index contributed by atoms with van der Waals surface area (Å²) >= 11 is 1.93. The van der Waals surface area contributed by atoms with Crippen LogP contribution in [-0.2, 0) is 4.79 Å². The lowest BCUT2D eigenvalue weighted by molar-refractivity contribution is -0.130.